The highest BCUT2D eigenvalue weighted by molar-refractivity contribution is 5.93. The standard InChI is InChI=1S/C8H15N3O4/c1-11(2)8(15)10-4-3-9-6(12)5-7(13)14/h3-5H2,1-2H3,(H,9,12)(H,10,15)(H,13,14). The number of aliphatic carboxylic acids is 1. The highest BCUT2D eigenvalue weighted by Gasteiger charge is 2.06. The molecule has 0 aromatic heterocycles. The number of urea groups is 1. The average Bonchev–Trinajstić information content (AvgIpc) is 2.10. The van der Waals surface area contributed by atoms with E-state index < -0.39 is 18.3 Å². The lowest BCUT2D eigenvalue weighted by Gasteiger charge is -2.11. The lowest BCUT2D eigenvalue weighted by molar-refractivity contribution is -0.140. The maximum Gasteiger partial charge on any atom is 0.316 e. The summed E-state index contributed by atoms with van der Waals surface area (Å²) < 4.78 is 0. The first-order chi connectivity index (χ1) is 6.93. The minimum absolute atomic E-state index is 0.214. The molecule has 0 saturated heterocycles. The second-order valence-electron chi connectivity index (χ2n) is 3.05. The van der Waals surface area contributed by atoms with E-state index >= 15 is 0 Å². The molecular formula is C8H15N3O4. The van der Waals surface area contributed by atoms with Crippen molar-refractivity contribution in [2.45, 2.75) is 6.42 Å². The van der Waals surface area contributed by atoms with Crippen LogP contribution < -0.4 is 10.6 Å². The van der Waals surface area contributed by atoms with Gasteiger partial charge in [0, 0.05) is 27.2 Å². The van der Waals surface area contributed by atoms with Crippen molar-refractivity contribution in [3.63, 3.8) is 0 Å². The Hall–Kier alpha value is -1.79. The van der Waals surface area contributed by atoms with Gasteiger partial charge in [0.25, 0.3) is 0 Å². The predicted octanol–water partition coefficient (Wildman–Crippen LogP) is -1.15. The van der Waals surface area contributed by atoms with E-state index in [0.29, 0.717) is 0 Å². The summed E-state index contributed by atoms with van der Waals surface area (Å²) in [4.78, 5) is 33.3. The molecule has 7 heteroatoms. The molecule has 86 valence electrons. The summed E-state index contributed by atoms with van der Waals surface area (Å²) >= 11 is 0. The van der Waals surface area contributed by atoms with Crippen molar-refractivity contribution in [2.24, 2.45) is 0 Å². The van der Waals surface area contributed by atoms with E-state index in [1.54, 1.807) is 14.1 Å². The van der Waals surface area contributed by atoms with Gasteiger partial charge in [0.15, 0.2) is 0 Å². The summed E-state index contributed by atoms with van der Waals surface area (Å²) in [7, 11) is 3.19. The number of nitrogens with zero attached hydrogens (tertiary/aromatic N) is 1. The molecule has 0 unspecified atom stereocenters. The molecule has 0 saturated carbocycles. The van der Waals surface area contributed by atoms with Gasteiger partial charge < -0.3 is 20.6 Å². The van der Waals surface area contributed by atoms with E-state index in [-0.39, 0.29) is 19.1 Å². The summed E-state index contributed by atoms with van der Waals surface area (Å²) in [6.45, 7) is 0.480. The summed E-state index contributed by atoms with van der Waals surface area (Å²) in [6, 6.07) is -0.262. The normalized spacial score (nSPS) is 9.20. The van der Waals surface area contributed by atoms with Gasteiger partial charge >= 0.3 is 12.0 Å². The molecule has 0 rings (SSSR count). The highest BCUT2D eigenvalue weighted by atomic mass is 16.4. The van der Waals surface area contributed by atoms with Crippen LogP contribution in [0.4, 0.5) is 4.79 Å². The Kier molecular flexibility index (Phi) is 5.84. The number of hydrogen-bond acceptors (Lipinski definition) is 3. The van der Waals surface area contributed by atoms with Gasteiger partial charge in [-0.05, 0) is 0 Å². The molecule has 0 heterocycles. The Morgan fingerprint density at radius 1 is 1.13 bits per heavy atom. The molecule has 0 aromatic carbocycles. The van der Waals surface area contributed by atoms with Gasteiger partial charge in [-0.15, -0.1) is 0 Å². The molecule has 0 radical (unpaired) electrons. The van der Waals surface area contributed by atoms with Gasteiger partial charge in [0.1, 0.15) is 6.42 Å². The summed E-state index contributed by atoms with van der Waals surface area (Å²) in [5.74, 6) is -1.74. The quantitative estimate of drug-likeness (QED) is 0.400. The average molecular weight is 217 g/mol. The number of carbonyl (C=O) groups is 3. The van der Waals surface area contributed by atoms with Crippen LogP contribution in [0.15, 0.2) is 0 Å². The molecule has 0 spiro atoms. The smallest absolute Gasteiger partial charge is 0.316 e. The Bertz CT molecular complexity index is 252. The number of hydrogen-bond donors (Lipinski definition) is 3. The number of carboxylic acids is 1. The Morgan fingerprint density at radius 3 is 2.13 bits per heavy atom. The molecular weight excluding hydrogens is 202 g/mol. The van der Waals surface area contributed by atoms with Gasteiger partial charge in [0.05, 0.1) is 0 Å². The predicted molar refractivity (Wildman–Crippen MR) is 52.3 cm³/mol. The molecule has 15 heavy (non-hydrogen) atoms. The van der Waals surface area contributed by atoms with E-state index in [1.807, 2.05) is 0 Å². The van der Waals surface area contributed by atoms with Crippen molar-refractivity contribution in [2.75, 3.05) is 27.2 Å². The van der Waals surface area contributed by atoms with Crippen LogP contribution in [0, 0.1) is 0 Å². The second-order valence-corrected chi connectivity index (χ2v) is 3.05. The Morgan fingerprint density at radius 2 is 1.67 bits per heavy atom. The van der Waals surface area contributed by atoms with E-state index in [0.717, 1.165) is 0 Å². The molecule has 0 atom stereocenters. The maximum atomic E-state index is 11.0. The first-order valence-electron chi connectivity index (χ1n) is 4.37. The molecule has 0 bridgehead atoms. The number of carboxylic acid groups (broad SMARTS) is 1. The van der Waals surface area contributed by atoms with Crippen LogP contribution in [0.1, 0.15) is 6.42 Å². The first-order valence-corrected chi connectivity index (χ1v) is 4.37. The van der Waals surface area contributed by atoms with Crippen molar-refractivity contribution >= 4 is 17.9 Å². The third-order valence-corrected chi connectivity index (χ3v) is 1.44. The van der Waals surface area contributed by atoms with Crippen molar-refractivity contribution in [1.29, 1.82) is 0 Å². The third kappa shape index (κ3) is 7.29. The van der Waals surface area contributed by atoms with Crippen LogP contribution in [0.5, 0.6) is 0 Å². The molecule has 0 aromatic rings. The van der Waals surface area contributed by atoms with Gasteiger partial charge in [-0.2, -0.15) is 0 Å². The van der Waals surface area contributed by atoms with Gasteiger partial charge in [0.2, 0.25) is 5.91 Å². The largest absolute Gasteiger partial charge is 0.481 e. The van der Waals surface area contributed by atoms with Crippen LogP contribution in [-0.4, -0.2) is 55.1 Å². The van der Waals surface area contributed by atoms with Crippen molar-refractivity contribution in [1.82, 2.24) is 15.5 Å². The van der Waals surface area contributed by atoms with E-state index in [2.05, 4.69) is 10.6 Å². The lowest BCUT2D eigenvalue weighted by Crippen LogP contribution is -2.39. The second kappa shape index (κ2) is 6.63. The zero-order chi connectivity index (χ0) is 11.8. The van der Waals surface area contributed by atoms with Crippen molar-refractivity contribution in [3.05, 3.63) is 0 Å². The minimum Gasteiger partial charge on any atom is -0.481 e. The summed E-state index contributed by atoms with van der Waals surface area (Å²) in [5.41, 5.74) is 0. The zero-order valence-electron chi connectivity index (χ0n) is 8.74. The molecule has 3 amide bonds. The molecule has 3 N–H and O–H groups in total. The summed E-state index contributed by atoms with van der Waals surface area (Å²) in [6.07, 6.45) is -0.554. The SMILES string of the molecule is CN(C)C(=O)NCCNC(=O)CC(=O)O. The fourth-order valence-corrected chi connectivity index (χ4v) is 0.729. The van der Waals surface area contributed by atoms with Gasteiger partial charge in [-0.3, -0.25) is 9.59 Å². The number of rotatable bonds is 5. The molecule has 0 aliphatic heterocycles. The Balaban J connectivity index is 3.50. The molecule has 7 nitrogen and oxygen atoms in total. The molecule has 0 aliphatic rings. The number of amides is 3. The van der Waals surface area contributed by atoms with E-state index in [9.17, 15) is 14.4 Å². The van der Waals surface area contributed by atoms with Gasteiger partial charge in [-0.1, -0.05) is 0 Å². The minimum atomic E-state index is -1.18. The zero-order valence-corrected chi connectivity index (χ0v) is 8.74. The van der Waals surface area contributed by atoms with Crippen LogP contribution in [0.3, 0.4) is 0 Å². The highest BCUT2D eigenvalue weighted by Crippen LogP contribution is 1.79. The van der Waals surface area contributed by atoms with Crippen LogP contribution in [0.2, 0.25) is 0 Å². The first kappa shape index (κ1) is 13.2. The van der Waals surface area contributed by atoms with Gasteiger partial charge in [-0.25, -0.2) is 4.79 Å². The Labute approximate surface area is 87.4 Å². The fourth-order valence-electron chi connectivity index (χ4n) is 0.729. The fraction of sp³-hybridized carbons (Fsp3) is 0.625. The van der Waals surface area contributed by atoms with Crippen LogP contribution in [0.25, 0.3) is 0 Å². The van der Waals surface area contributed by atoms with Crippen molar-refractivity contribution in [3.8, 4) is 0 Å². The lowest BCUT2D eigenvalue weighted by atomic mass is 10.4. The van der Waals surface area contributed by atoms with E-state index in [4.69, 9.17) is 5.11 Å². The monoisotopic (exact) mass is 217 g/mol. The molecule has 0 fully saturated rings. The number of nitrogens with one attached hydrogen (secondary N) is 2. The maximum absolute atomic E-state index is 11.0. The van der Waals surface area contributed by atoms with Crippen molar-refractivity contribution < 1.29 is 19.5 Å². The summed E-state index contributed by atoms with van der Waals surface area (Å²) in [5, 5.41) is 13.1. The molecule has 0 aliphatic carbocycles. The van der Waals surface area contributed by atoms with Crippen LogP contribution in [-0.2, 0) is 9.59 Å². The van der Waals surface area contributed by atoms with E-state index in [1.165, 1.54) is 4.90 Å². The topological polar surface area (TPSA) is 98.7 Å². The number of carbonyl (C=O) groups excluding carboxylic acids is 2. The van der Waals surface area contributed by atoms with Crippen LogP contribution >= 0.6 is 0 Å². The third-order valence-electron chi connectivity index (χ3n) is 1.44.